The largest absolute Gasteiger partial charge is 0.326 e. The lowest BCUT2D eigenvalue weighted by Crippen LogP contribution is -2.39. The Morgan fingerprint density at radius 2 is 2.39 bits per heavy atom. The number of carbonyl (C=O) groups is 1. The van der Waals surface area contributed by atoms with Crippen LogP contribution < -0.4 is 10.6 Å². The molecule has 3 nitrogen and oxygen atoms in total. The molecule has 0 radical (unpaired) electrons. The molecule has 0 spiro atoms. The van der Waals surface area contributed by atoms with Gasteiger partial charge in [-0.25, -0.2) is 4.39 Å². The Labute approximate surface area is 111 Å². The van der Waals surface area contributed by atoms with E-state index in [9.17, 15) is 9.18 Å². The van der Waals surface area contributed by atoms with E-state index in [0.29, 0.717) is 12.1 Å². The second kappa shape index (κ2) is 6.20. The van der Waals surface area contributed by atoms with Gasteiger partial charge in [0, 0.05) is 36.2 Å². The summed E-state index contributed by atoms with van der Waals surface area (Å²) in [5, 5.41) is 6.05. The second-order valence-corrected chi connectivity index (χ2v) is 5.65. The molecule has 1 fully saturated rings. The van der Waals surface area contributed by atoms with E-state index < -0.39 is 0 Å². The molecule has 1 saturated heterocycles. The van der Waals surface area contributed by atoms with Gasteiger partial charge in [0.2, 0.25) is 5.91 Å². The van der Waals surface area contributed by atoms with E-state index in [0.717, 1.165) is 23.6 Å². The minimum atomic E-state index is -0.323. The number of aryl methyl sites for hydroxylation is 1. The van der Waals surface area contributed by atoms with Crippen molar-refractivity contribution in [2.45, 2.75) is 19.4 Å². The van der Waals surface area contributed by atoms with E-state index in [1.807, 2.05) is 11.8 Å². The molecule has 1 atom stereocenters. The third kappa shape index (κ3) is 3.99. The van der Waals surface area contributed by atoms with E-state index in [-0.39, 0.29) is 17.8 Å². The van der Waals surface area contributed by atoms with Gasteiger partial charge < -0.3 is 10.6 Å². The number of rotatable bonds is 3. The first-order valence-corrected chi connectivity index (χ1v) is 7.17. The predicted molar refractivity (Wildman–Crippen MR) is 73.5 cm³/mol. The van der Waals surface area contributed by atoms with Crippen LogP contribution in [0.5, 0.6) is 0 Å². The Bertz CT molecular complexity index is 413. The first kappa shape index (κ1) is 13.4. The van der Waals surface area contributed by atoms with Crippen LogP contribution in [-0.2, 0) is 4.79 Å². The zero-order chi connectivity index (χ0) is 13.0. The smallest absolute Gasteiger partial charge is 0.225 e. The van der Waals surface area contributed by atoms with Crippen LogP contribution in [0.2, 0.25) is 0 Å². The zero-order valence-corrected chi connectivity index (χ0v) is 11.1. The number of halogens is 1. The zero-order valence-electron chi connectivity index (χ0n) is 10.3. The van der Waals surface area contributed by atoms with Gasteiger partial charge in [0.15, 0.2) is 0 Å². The average Bonchev–Trinajstić information content (AvgIpc) is 2.28. The first-order valence-electron chi connectivity index (χ1n) is 6.01. The van der Waals surface area contributed by atoms with Gasteiger partial charge in [-0.15, -0.1) is 0 Å². The van der Waals surface area contributed by atoms with Crippen LogP contribution in [0.25, 0.3) is 0 Å². The maximum absolute atomic E-state index is 13.2. The lowest BCUT2D eigenvalue weighted by molar-refractivity contribution is -0.116. The highest BCUT2D eigenvalue weighted by Gasteiger charge is 2.16. The topological polar surface area (TPSA) is 41.1 Å². The van der Waals surface area contributed by atoms with Crippen LogP contribution >= 0.6 is 11.8 Å². The Morgan fingerprint density at radius 1 is 1.56 bits per heavy atom. The summed E-state index contributed by atoms with van der Waals surface area (Å²) in [6.45, 7) is 2.75. The highest BCUT2D eigenvalue weighted by Crippen LogP contribution is 2.15. The quantitative estimate of drug-likeness (QED) is 0.882. The standard InChI is InChI=1S/C13H17FN2OS/c1-9-4-10(14)6-11(5-9)16-13(17)7-12-8-18-3-2-15-12/h4-6,12,15H,2-3,7-8H2,1H3,(H,16,17). The fraction of sp³-hybridized carbons (Fsp3) is 0.462. The molecule has 1 aromatic carbocycles. The van der Waals surface area contributed by atoms with Gasteiger partial charge in [0.1, 0.15) is 5.82 Å². The van der Waals surface area contributed by atoms with Gasteiger partial charge in [-0.2, -0.15) is 11.8 Å². The maximum atomic E-state index is 13.2. The molecule has 1 aliphatic rings. The molecule has 5 heteroatoms. The molecule has 0 aliphatic carbocycles. The van der Waals surface area contributed by atoms with Gasteiger partial charge in [0.25, 0.3) is 0 Å². The van der Waals surface area contributed by atoms with Crippen LogP contribution in [0.3, 0.4) is 0 Å². The molecule has 1 aliphatic heterocycles. The van der Waals surface area contributed by atoms with Crippen LogP contribution in [0, 0.1) is 12.7 Å². The van der Waals surface area contributed by atoms with Crippen molar-refractivity contribution >= 4 is 23.4 Å². The molecule has 1 unspecified atom stereocenters. The summed E-state index contributed by atoms with van der Waals surface area (Å²) in [6.07, 6.45) is 0.433. The van der Waals surface area contributed by atoms with E-state index in [1.54, 1.807) is 13.0 Å². The van der Waals surface area contributed by atoms with Crippen LogP contribution in [-0.4, -0.2) is 30.0 Å². The third-order valence-corrected chi connectivity index (χ3v) is 3.89. The summed E-state index contributed by atoms with van der Waals surface area (Å²) in [7, 11) is 0. The lowest BCUT2D eigenvalue weighted by Gasteiger charge is -2.22. The normalized spacial score (nSPS) is 19.6. The molecule has 0 bridgehead atoms. The molecular weight excluding hydrogens is 251 g/mol. The molecule has 1 aromatic rings. The van der Waals surface area contributed by atoms with E-state index in [4.69, 9.17) is 0 Å². The monoisotopic (exact) mass is 268 g/mol. The number of thioether (sulfide) groups is 1. The molecule has 0 saturated carbocycles. The molecule has 1 heterocycles. The maximum Gasteiger partial charge on any atom is 0.225 e. The molecule has 0 aromatic heterocycles. The van der Waals surface area contributed by atoms with Crippen molar-refractivity contribution in [3.05, 3.63) is 29.6 Å². The van der Waals surface area contributed by atoms with Crippen LogP contribution in [0.15, 0.2) is 18.2 Å². The van der Waals surface area contributed by atoms with Crippen molar-refractivity contribution in [2.24, 2.45) is 0 Å². The number of anilines is 1. The van der Waals surface area contributed by atoms with Crippen molar-refractivity contribution in [1.29, 1.82) is 0 Å². The van der Waals surface area contributed by atoms with Gasteiger partial charge in [-0.3, -0.25) is 4.79 Å². The number of hydrogen-bond donors (Lipinski definition) is 2. The van der Waals surface area contributed by atoms with Crippen molar-refractivity contribution < 1.29 is 9.18 Å². The Kier molecular flexibility index (Phi) is 4.60. The first-order chi connectivity index (χ1) is 8.63. The second-order valence-electron chi connectivity index (χ2n) is 4.50. The number of hydrogen-bond acceptors (Lipinski definition) is 3. The van der Waals surface area contributed by atoms with Gasteiger partial charge in [0.05, 0.1) is 0 Å². The van der Waals surface area contributed by atoms with Gasteiger partial charge in [-0.1, -0.05) is 0 Å². The molecular formula is C13H17FN2OS. The molecule has 98 valence electrons. The van der Waals surface area contributed by atoms with Crippen molar-refractivity contribution in [3.8, 4) is 0 Å². The van der Waals surface area contributed by atoms with E-state index in [1.165, 1.54) is 12.1 Å². The van der Waals surface area contributed by atoms with Crippen molar-refractivity contribution in [1.82, 2.24) is 5.32 Å². The SMILES string of the molecule is Cc1cc(F)cc(NC(=O)CC2CSCCN2)c1. The minimum Gasteiger partial charge on any atom is -0.326 e. The van der Waals surface area contributed by atoms with Crippen molar-refractivity contribution in [2.75, 3.05) is 23.4 Å². The molecule has 2 N–H and O–H groups in total. The fourth-order valence-corrected chi connectivity index (χ4v) is 2.94. The summed E-state index contributed by atoms with van der Waals surface area (Å²) in [4.78, 5) is 11.8. The third-order valence-electron chi connectivity index (χ3n) is 2.76. The summed E-state index contributed by atoms with van der Waals surface area (Å²) >= 11 is 1.85. The number of amides is 1. The Hall–Kier alpha value is -1.07. The number of benzene rings is 1. The highest BCUT2D eigenvalue weighted by atomic mass is 32.2. The molecule has 18 heavy (non-hydrogen) atoms. The Balaban J connectivity index is 1.89. The number of carbonyl (C=O) groups excluding carboxylic acids is 1. The minimum absolute atomic E-state index is 0.0694. The van der Waals surface area contributed by atoms with Crippen LogP contribution in [0.1, 0.15) is 12.0 Å². The van der Waals surface area contributed by atoms with Crippen LogP contribution in [0.4, 0.5) is 10.1 Å². The van der Waals surface area contributed by atoms with E-state index in [2.05, 4.69) is 10.6 Å². The van der Waals surface area contributed by atoms with Gasteiger partial charge >= 0.3 is 0 Å². The summed E-state index contributed by atoms with van der Waals surface area (Å²) < 4.78 is 13.2. The Morgan fingerprint density at radius 3 is 3.06 bits per heavy atom. The van der Waals surface area contributed by atoms with E-state index >= 15 is 0 Å². The summed E-state index contributed by atoms with van der Waals surface area (Å²) in [5.41, 5.74) is 1.33. The summed E-state index contributed by atoms with van der Waals surface area (Å²) in [5.74, 6) is 1.66. The predicted octanol–water partition coefficient (Wildman–Crippen LogP) is 2.17. The van der Waals surface area contributed by atoms with Gasteiger partial charge in [-0.05, 0) is 30.7 Å². The van der Waals surface area contributed by atoms with Crippen molar-refractivity contribution in [3.63, 3.8) is 0 Å². The lowest BCUT2D eigenvalue weighted by atomic mass is 10.2. The number of nitrogens with one attached hydrogen (secondary N) is 2. The highest BCUT2D eigenvalue weighted by molar-refractivity contribution is 7.99. The molecule has 1 amide bonds. The summed E-state index contributed by atoms with van der Waals surface area (Å²) in [6, 6.07) is 4.77. The fourth-order valence-electron chi connectivity index (χ4n) is 2.00. The molecule has 2 rings (SSSR count). The average molecular weight is 268 g/mol.